The molecule has 0 aliphatic carbocycles. The third-order valence-corrected chi connectivity index (χ3v) is 2.67. The van der Waals surface area contributed by atoms with Gasteiger partial charge in [-0.25, -0.2) is 4.39 Å². The molecule has 15 heavy (non-hydrogen) atoms. The molecule has 5 heteroatoms. The van der Waals surface area contributed by atoms with E-state index >= 15 is 0 Å². The van der Waals surface area contributed by atoms with E-state index in [1.165, 1.54) is 12.1 Å². The Kier molecular flexibility index (Phi) is 4.23. The first-order valence-electron chi connectivity index (χ1n) is 4.40. The molecule has 3 N–H and O–H groups in total. The lowest BCUT2D eigenvalue weighted by Crippen LogP contribution is -2.26. The number of benzene rings is 1. The van der Waals surface area contributed by atoms with Gasteiger partial charge in [0.25, 0.3) is 0 Å². The highest BCUT2D eigenvalue weighted by Crippen LogP contribution is 2.19. The number of carbonyl (C=O) groups is 1. The maximum Gasteiger partial charge on any atom is 0.304 e. The summed E-state index contributed by atoms with van der Waals surface area (Å²) in [6.07, 6.45) is 0.316. The summed E-state index contributed by atoms with van der Waals surface area (Å²) in [5.74, 6) is -1.27. The molecule has 1 unspecified atom stereocenters. The highest BCUT2D eigenvalue weighted by molar-refractivity contribution is 9.10. The molecule has 0 aliphatic heterocycles. The van der Waals surface area contributed by atoms with Crippen LogP contribution in [0.4, 0.5) is 4.39 Å². The summed E-state index contributed by atoms with van der Waals surface area (Å²) < 4.78 is 13.4. The van der Waals surface area contributed by atoms with Gasteiger partial charge in [0, 0.05) is 10.5 Å². The maximum absolute atomic E-state index is 12.7. The lowest BCUT2D eigenvalue weighted by molar-refractivity contribution is -0.137. The maximum atomic E-state index is 12.7. The van der Waals surface area contributed by atoms with E-state index in [-0.39, 0.29) is 12.2 Å². The van der Waals surface area contributed by atoms with Crippen molar-refractivity contribution in [1.29, 1.82) is 0 Å². The molecule has 0 radical (unpaired) electrons. The van der Waals surface area contributed by atoms with Gasteiger partial charge in [-0.1, -0.05) is 22.0 Å². The van der Waals surface area contributed by atoms with Crippen LogP contribution >= 0.6 is 15.9 Å². The summed E-state index contributed by atoms with van der Waals surface area (Å²) in [5.41, 5.74) is 6.43. The van der Waals surface area contributed by atoms with E-state index in [0.29, 0.717) is 10.9 Å². The van der Waals surface area contributed by atoms with Gasteiger partial charge in [0.1, 0.15) is 5.82 Å². The third kappa shape index (κ3) is 3.97. The first-order chi connectivity index (χ1) is 6.99. The van der Waals surface area contributed by atoms with Crippen LogP contribution in [0.15, 0.2) is 22.7 Å². The molecule has 1 aromatic rings. The quantitative estimate of drug-likeness (QED) is 0.883. The standard InChI is InChI=1S/C10H11BrFNO2/c11-9-4-7(12)2-1-6(9)3-8(13)5-10(14)15/h1-2,4,8H,3,5,13H2,(H,14,15). The molecule has 0 saturated heterocycles. The molecule has 3 nitrogen and oxygen atoms in total. The largest absolute Gasteiger partial charge is 0.481 e. The molecule has 1 rings (SSSR count). The van der Waals surface area contributed by atoms with Crippen LogP contribution in [-0.2, 0) is 11.2 Å². The Hall–Kier alpha value is -0.940. The van der Waals surface area contributed by atoms with Gasteiger partial charge in [0.15, 0.2) is 0 Å². The monoisotopic (exact) mass is 275 g/mol. The van der Waals surface area contributed by atoms with Crippen LogP contribution in [-0.4, -0.2) is 17.1 Å². The second kappa shape index (κ2) is 5.23. The summed E-state index contributed by atoms with van der Waals surface area (Å²) in [4.78, 5) is 10.4. The number of rotatable bonds is 4. The van der Waals surface area contributed by atoms with Gasteiger partial charge in [-0.2, -0.15) is 0 Å². The van der Waals surface area contributed by atoms with E-state index in [2.05, 4.69) is 15.9 Å². The van der Waals surface area contributed by atoms with Crippen molar-refractivity contribution in [2.24, 2.45) is 5.73 Å². The molecule has 0 fully saturated rings. The van der Waals surface area contributed by atoms with Crippen LogP contribution in [0.3, 0.4) is 0 Å². The number of hydrogen-bond donors (Lipinski definition) is 2. The Morgan fingerprint density at radius 3 is 2.80 bits per heavy atom. The number of halogens is 2. The number of carboxylic acid groups (broad SMARTS) is 1. The summed E-state index contributed by atoms with van der Waals surface area (Å²) in [6.45, 7) is 0. The molecule has 0 aromatic heterocycles. The first-order valence-corrected chi connectivity index (χ1v) is 5.19. The minimum atomic E-state index is -0.930. The van der Waals surface area contributed by atoms with Crippen molar-refractivity contribution in [2.75, 3.05) is 0 Å². The number of hydrogen-bond acceptors (Lipinski definition) is 2. The zero-order valence-corrected chi connectivity index (χ0v) is 9.50. The van der Waals surface area contributed by atoms with Crippen molar-refractivity contribution in [2.45, 2.75) is 18.9 Å². The van der Waals surface area contributed by atoms with Crippen molar-refractivity contribution in [3.63, 3.8) is 0 Å². The highest BCUT2D eigenvalue weighted by Gasteiger charge is 2.11. The van der Waals surface area contributed by atoms with Crippen molar-refractivity contribution >= 4 is 21.9 Å². The van der Waals surface area contributed by atoms with Crippen LogP contribution in [0.1, 0.15) is 12.0 Å². The number of carboxylic acids is 1. The van der Waals surface area contributed by atoms with E-state index in [1.807, 2.05) is 0 Å². The summed E-state index contributed by atoms with van der Waals surface area (Å²) in [6, 6.07) is 3.81. The van der Waals surface area contributed by atoms with Gasteiger partial charge in [0.05, 0.1) is 6.42 Å². The fourth-order valence-electron chi connectivity index (χ4n) is 1.27. The SMILES string of the molecule is NC(CC(=O)O)Cc1ccc(F)cc1Br. The third-order valence-electron chi connectivity index (χ3n) is 1.93. The number of aliphatic carboxylic acids is 1. The molecule has 0 aliphatic rings. The topological polar surface area (TPSA) is 63.3 Å². The van der Waals surface area contributed by atoms with Crippen LogP contribution in [0, 0.1) is 5.82 Å². The molecular formula is C10H11BrFNO2. The van der Waals surface area contributed by atoms with Gasteiger partial charge < -0.3 is 10.8 Å². The lowest BCUT2D eigenvalue weighted by Gasteiger charge is -2.10. The van der Waals surface area contributed by atoms with Crippen molar-refractivity contribution in [1.82, 2.24) is 0 Å². The Balaban J connectivity index is 2.68. The fraction of sp³-hybridized carbons (Fsp3) is 0.300. The molecule has 0 heterocycles. The molecule has 1 aromatic carbocycles. The summed E-state index contributed by atoms with van der Waals surface area (Å²) in [7, 11) is 0. The zero-order chi connectivity index (χ0) is 11.4. The van der Waals surface area contributed by atoms with E-state index in [4.69, 9.17) is 10.8 Å². The Bertz CT molecular complexity index is 370. The van der Waals surface area contributed by atoms with Crippen LogP contribution in [0.25, 0.3) is 0 Å². The lowest BCUT2D eigenvalue weighted by atomic mass is 10.0. The fourth-order valence-corrected chi connectivity index (χ4v) is 1.78. The Morgan fingerprint density at radius 2 is 2.27 bits per heavy atom. The Labute approximate surface area is 95.2 Å². The average Bonchev–Trinajstić information content (AvgIpc) is 2.08. The second-order valence-electron chi connectivity index (χ2n) is 3.30. The molecule has 0 bridgehead atoms. The minimum Gasteiger partial charge on any atom is -0.481 e. The minimum absolute atomic E-state index is 0.0934. The molecule has 0 amide bonds. The van der Waals surface area contributed by atoms with Gasteiger partial charge in [0.2, 0.25) is 0 Å². The van der Waals surface area contributed by atoms with E-state index < -0.39 is 12.0 Å². The van der Waals surface area contributed by atoms with E-state index in [0.717, 1.165) is 5.56 Å². The molecule has 82 valence electrons. The van der Waals surface area contributed by atoms with Gasteiger partial charge in [-0.05, 0) is 24.1 Å². The van der Waals surface area contributed by atoms with Crippen LogP contribution < -0.4 is 5.73 Å². The predicted octanol–water partition coefficient (Wildman–Crippen LogP) is 1.93. The van der Waals surface area contributed by atoms with Crippen molar-refractivity contribution in [3.05, 3.63) is 34.1 Å². The van der Waals surface area contributed by atoms with E-state index in [9.17, 15) is 9.18 Å². The van der Waals surface area contributed by atoms with Crippen LogP contribution in [0.5, 0.6) is 0 Å². The molecule has 0 saturated carbocycles. The Morgan fingerprint density at radius 1 is 1.60 bits per heavy atom. The number of nitrogens with two attached hydrogens (primary N) is 1. The van der Waals surface area contributed by atoms with Gasteiger partial charge in [-0.15, -0.1) is 0 Å². The van der Waals surface area contributed by atoms with E-state index in [1.54, 1.807) is 6.07 Å². The first kappa shape index (κ1) is 12.1. The normalized spacial score (nSPS) is 12.5. The predicted molar refractivity (Wildman–Crippen MR) is 58.0 cm³/mol. The van der Waals surface area contributed by atoms with Crippen molar-refractivity contribution < 1.29 is 14.3 Å². The van der Waals surface area contributed by atoms with Gasteiger partial charge in [-0.3, -0.25) is 4.79 Å². The van der Waals surface area contributed by atoms with Crippen LogP contribution in [0.2, 0.25) is 0 Å². The zero-order valence-electron chi connectivity index (χ0n) is 7.91. The molecule has 1 atom stereocenters. The molecule has 0 spiro atoms. The summed E-state index contributed by atoms with van der Waals surface area (Å²) >= 11 is 3.20. The second-order valence-corrected chi connectivity index (χ2v) is 4.15. The smallest absolute Gasteiger partial charge is 0.304 e. The molecular weight excluding hydrogens is 265 g/mol. The highest BCUT2D eigenvalue weighted by atomic mass is 79.9. The van der Waals surface area contributed by atoms with Gasteiger partial charge >= 0.3 is 5.97 Å². The van der Waals surface area contributed by atoms with Crippen molar-refractivity contribution in [3.8, 4) is 0 Å². The average molecular weight is 276 g/mol. The summed E-state index contributed by atoms with van der Waals surface area (Å²) in [5, 5.41) is 8.52.